The fourth-order valence-electron chi connectivity index (χ4n) is 9.86. The summed E-state index contributed by atoms with van der Waals surface area (Å²) in [5.41, 5.74) is 0. The second-order valence-corrected chi connectivity index (χ2v) is 21.8. The van der Waals surface area contributed by atoms with Crippen LogP contribution in [0.2, 0.25) is 0 Å². The number of aliphatic hydroxyl groups excluding tert-OH is 11. The van der Waals surface area contributed by atoms with Gasteiger partial charge in [0.25, 0.3) is 0 Å². The molecule has 472 valence electrons. The molecule has 3 saturated heterocycles. The molecule has 3 aliphatic rings. The Bertz CT molecular complexity index is 1820. The molecule has 3 rings (SSSR count). The van der Waals surface area contributed by atoms with Crippen LogP contribution in [0.4, 0.5) is 0 Å². The summed E-state index contributed by atoms with van der Waals surface area (Å²) in [4.78, 5) is 13.3. The third kappa shape index (κ3) is 28.4. The molecule has 0 bridgehead atoms. The van der Waals surface area contributed by atoms with Crippen LogP contribution >= 0.6 is 0 Å². The van der Waals surface area contributed by atoms with E-state index in [1.807, 2.05) is 6.08 Å². The number of carbonyl (C=O) groups is 1. The average molecular weight is 1170 g/mol. The minimum Gasteiger partial charge on any atom is -0.394 e. The van der Waals surface area contributed by atoms with Gasteiger partial charge in [0.05, 0.1) is 38.6 Å². The molecule has 19 heteroatoms. The van der Waals surface area contributed by atoms with Gasteiger partial charge >= 0.3 is 0 Å². The van der Waals surface area contributed by atoms with Gasteiger partial charge in [-0.1, -0.05) is 182 Å². The van der Waals surface area contributed by atoms with E-state index in [9.17, 15) is 61.0 Å². The summed E-state index contributed by atoms with van der Waals surface area (Å²) in [6.07, 6.45) is 29.0. The highest BCUT2D eigenvalue weighted by molar-refractivity contribution is 5.76. The Kier molecular flexibility index (Phi) is 40.5. The third-order valence-corrected chi connectivity index (χ3v) is 14.9. The van der Waals surface area contributed by atoms with Crippen molar-refractivity contribution >= 4 is 5.91 Å². The van der Waals surface area contributed by atoms with Gasteiger partial charge < -0.3 is 89.9 Å². The number of nitrogens with one attached hydrogen (secondary N) is 1. The van der Waals surface area contributed by atoms with Crippen molar-refractivity contribution in [1.29, 1.82) is 0 Å². The normalized spacial score (nSPS) is 30.2. The van der Waals surface area contributed by atoms with E-state index in [4.69, 9.17) is 28.4 Å². The predicted molar refractivity (Wildman–Crippen MR) is 314 cm³/mol. The van der Waals surface area contributed by atoms with Crippen molar-refractivity contribution in [3.05, 3.63) is 85.1 Å². The maximum absolute atomic E-state index is 13.3. The molecule has 12 N–H and O–H groups in total. The van der Waals surface area contributed by atoms with E-state index >= 15 is 0 Å². The largest absolute Gasteiger partial charge is 0.394 e. The van der Waals surface area contributed by atoms with E-state index < -0.39 is 124 Å². The summed E-state index contributed by atoms with van der Waals surface area (Å²) < 4.78 is 34.1. The lowest BCUT2D eigenvalue weighted by Gasteiger charge is -2.48. The number of carbonyl (C=O) groups excluding carboxylic acids is 1. The number of rotatable bonds is 44. The molecule has 0 aliphatic carbocycles. The van der Waals surface area contributed by atoms with Crippen LogP contribution in [0.5, 0.6) is 0 Å². The number of amides is 1. The van der Waals surface area contributed by atoms with E-state index in [2.05, 4.69) is 92.1 Å². The summed E-state index contributed by atoms with van der Waals surface area (Å²) in [5.74, 6) is -0.295. The first-order chi connectivity index (χ1) is 39.8. The molecule has 0 radical (unpaired) electrons. The van der Waals surface area contributed by atoms with Gasteiger partial charge in [0.1, 0.15) is 73.2 Å². The Morgan fingerprint density at radius 1 is 0.451 bits per heavy atom. The van der Waals surface area contributed by atoms with E-state index in [1.54, 1.807) is 6.08 Å². The molecule has 0 spiro atoms. The van der Waals surface area contributed by atoms with Crippen LogP contribution in [-0.4, -0.2) is 193 Å². The second-order valence-electron chi connectivity index (χ2n) is 21.8. The number of hydrogen-bond donors (Lipinski definition) is 12. The van der Waals surface area contributed by atoms with Gasteiger partial charge in [-0.25, -0.2) is 0 Å². The van der Waals surface area contributed by atoms with Crippen LogP contribution in [-0.2, 0) is 33.2 Å². The molecule has 17 atom stereocenters. The molecule has 0 aromatic rings. The first-order valence-corrected chi connectivity index (χ1v) is 30.8. The monoisotopic (exact) mass is 1170 g/mol. The van der Waals surface area contributed by atoms with E-state index in [-0.39, 0.29) is 18.9 Å². The molecule has 3 fully saturated rings. The van der Waals surface area contributed by atoms with Gasteiger partial charge in [0, 0.05) is 6.42 Å². The molecule has 3 aliphatic heterocycles. The lowest BCUT2D eigenvalue weighted by Crippen LogP contribution is -2.66. The maximum Gasteiger partial charge on any atom is 0.220 e. The first kappa shape index (κ1) is 73.2. The zero-order valence-electron chi connectivity index (χ0n) is 49.2. The zero-order valence-corrected chi connectivity index (χ0v) is 49.2. The van der Waals surface area contributed by atoms with Gasteiger partial charge in [-0.15, -0.1) is 0 Å². The molecule has 0 saturated carbocycles. The van der Waals surface area contributed by atoms with Crippen LogP contribution in [0.15, 0.2) is 85.1 Å². The number of hydrogen-bond acceptors (Lipinski definition) is 18. The van der Waals surface area contributed by atoms with Gasteiger partial charge in [-0.2, -0.15) is 0 Å². The third-order valence-electron chi connectivity index (χ3n) is 14.9. The minimum atomic E-state index is -1.98. The summed E-state index contributed by atoms with van der Waals surface area (Å²) in [7, 11) is 0. The standard InChI is InChI=1S/C63H107NO18/c1-3-5-7-9-11-13-14-15-16-17-18-19-20-21-22-23-24-25-26-27-28-29-30-31-32-33-35-37-39-41-51(69)64-46(47(68)40-38-36-34-12-10-8-6-4-2)45-77-61-57(75)54(72)59(49(43-66)79-61)82-63-58(76)55(73)60(50(44-67)80-63)81-62-56(74)53(71)52(70)48(42-65)78-62/h5,7,10-13,15-16,18-19,21-22,38,40,46-50,52-63,65-68,70-76H,3-4,6,8-9,14,17,20,23-37,39,41-45H2,1-2H3,(H,64,69)/b7-5-,12-10+,13-11-,16-15-,19-18-,22-21-,40-38+. The SMILES string of the molecule is CC/C=C\C/C=C\C/C=C\C/C=C\C/C=C\CCCCCCCCCCCCCCCC(=O)NC(COC1OC(CO)C(OC2OC(CO)C(OC3OC(CO)C(O)C(O)C3O)C(O)C2O)C(O)C1O)C(O)/C=C/CC/C=C/CCCC. The van der Waals surface area contributed by atoms with Crippen molar-refractivity contribution in [2.24, 2.45) is 0 Å². The fourth-order valence-corrected chi connectivity index (χ4v) is 9.86. The quantitative estimate of drug-likeness (QED) is 0.0247. The fraction of sp³-hybridized carbons (Fsp3) is 0.762. The Morgan fingerprint density at radius 2 is 0.854 bits per heavy atom. The first-order valence-electron chi connectivity index (χ1n) is 30.8. The van der Waals surface area contributed by atoms with Crippen molar-refractivity contribution in [1.82, 2.24) is 5.32 Å². The summed E-state index contributed by atoms with van der Waals surface area (Å²) in [5, 5.41) is 120. The summed E-state index contributed by atoms with van der Waals surface area (Å²) >= 11 is 0. The lowest BCUT2D eigenvalue weighted by atomic mass is 9.96. The van der Waals surface area contributed by atoms with E-state index in [0.29, 0.717) is 12.8 Å². The Hall–Kier alpha value is -3.03. The molecular formula is C63H107NO18. The van der Waals surface area contributed by atoms with Crippen LogP contribution in [0.3, 0.4) is 0 Å². The van der Waals surface area contributed by atoms with Crippen molar-refractivity contribution in [3.8, 4) is 0 Å². The van der Waals surface area contributed by atoms with Crippen molar-refractivity contribution in [2.75, 3.05) is 26.4 Å². The van der Waals surface area contributed by atoms with Gasteiger partial charge in [0.15, 0.2) is 18.9 Å². The zero-order chi connectivity index (χ0) is 59.7. The van der Waals surface area contributed by atoms with Crippen molar-refractivity contribution in [2.45, 2.75) is 279 Å². The van der Waals surface area contributed by atoms with Crippen molar-refractivity contribution in [3.63, 3.8) is 0 Å². The highest BCUT2D eigenvalue weighted by Gasteiger charge is 2.53. The molecule has 0 aromatic heterocycles. The minimum absolute atomic E-state index is 0.228. The van der Waals surface area contributed by atoms with Crippen molar-refractivity contribution < 1.29 is 89.4 Å². The molecule has 0 aromatic carbocycles. The van der Waals surface area contributed by atoms with E-state index in [0.717, 1.165) is 89.9 Å². The smallest absolute Gasteiger partial charge is 0.220 e. The average Bonchev–Trinajstić information content (AvgIpc) is 3.60. The topological polar surface area (TPSA) is 307 Å². The van der Waals surface area contributed by atoms with Crippen LogP contribution in [0.1, 0.15) is 174 Å². The van der Waals surface area contributed by atoms with E-state index in [1.165, 1.54) is 51.4 Å². The molecule has 3 heterocycles. The van der Waals surface area contributed by atoms with Gasteiger partial charge in [0.2, 0.25) is 5.91 Å². The molecule has 1 amide bonds. The Balaban J connectivity index is 1.38. The summed E-state index contributed by atoms with van der Waals surface area (Å²) in [6, 6.07) is -0.992. The summed E-state index contributed by atoms with van der Waals surface area (Å²) in [6.45, 7) is 1.48. The number of unbranched alkanes of at least 4 members (excludes halogenated alkanes) is 16. The van der Waals surface area contributed by atoms with Crippen LogP contribution in [0, 0.1) is 0 Å². The number of allylic oxidation sites excluding steroid dienone is 13. The Morgan fingerprint density at radius 3 is 1.37 bits per heavy atom. The molecule has 82 heavy (non-hydrogen) atoms. The Labute approximate surface area is 489 Å². The maximum atomic E-state index is 13.3. The number of ether oxygens (including phenoxy) is 6. The van der Waals surface area contributed by atoms with Crippen LogP contribution in [0.25, 0.3) is 0 Å². The molecule has 17 unspecified atom stereocenters. The highest BCUT2D eigenvalue weighted by atomic mass is 16.8. The number of aliphatic hydroxyl groups is 11. The second kappa shape index (κ2) is 45.3. The van der Waals surface area contributed by atoms with Gasteiger partial charge in [-0.3, -0.25) is 4.79 Å². The van der Waals surface area contributed by atoms with Crippen LogP contribution < -0.4 is 5.32 Å². The lowest BCUT2D eigenvalue weighted by molar-refractivity contribution is -0.379. The molecule has 19 nitrogen and oxygen atoms in total. The highest BCUT2D eigenvalue weighted by Crippen LogP contribution is 2.33. The van der Waals surface area contributed by atoms with Gasteiger partial charge in [-0.05, 0) is 70.6 Å². The molecular weight excluding hydrogens is 1060 g/mol. The predicted octanol–water partition coefficient (Wildman–Crippen LogP) is 5.98.